The third-order valence-corrected chi connectivity index (χ3v) is 9.37. The van der Waals surface area contributed by atoms with Gasteiger partial charge in [-0.25, -0.2) is 0 Å². The van der Waals surface area contributed by atoms with E-state index in [4.69, 9.17) is 11.6 Å². The predicted molar refractivity (Wildman–Crippen MR) is 152 cm³/mol. The number of benzene rings is 2. The summed E-state index contributed by atoms with van der Waals surface area (Å²) in [6, 6.07) is 12.6. The van der Waals surface area contributed by atoms with Gasteiger partial charge in [0.05, 0.1) is 10.6 Å². The van der Waals surface area contributed by atoms with Crippen LogP contribution in [-0.4, -0.2) is 72.2 Å². The molecular weight excluding hydrogens is 555 g/mol. The molecule has 41 heavy (non-hydrogen) atoms. The molecule has 2 aliphatic heterocycles. The molecule has 3 aliphatic rings. The van der Waals surface area contributed by atoms with Crippen LogP contribution in [0.4, 0.5) is 18.9 Å². The lowest BCUT2D eigenvalue weighted by Gasteiger charge is -2.40. The first-order valence-corrected chi connectivity index (χ1v) is 14.8. The first kappa shape index (κ1) is 29.7. The molecule has 5 rings (SSSR count). The van der Waals surface area contributed by atoms with E-state index in [1.807, 2.05) is 25.2 Å². The zero-order chi connectivity index (χ0) is 29.4. The SMILES string of the molecule is CN(C(=O)c1ccc(N2CCC(CC3CCN(C(=O)C(O)(c4ccccc4)C(F)(F)F)CC3)CC2)cc1Cl)C1CC1. The van der Waals surface area contributed by atoms with Crippen molar-refractivity contribution < 1.29 is 27.9 Å². The molecule has 222 valence electrons. The second-order valence-corrected chi connectivity index (χ2v) is 12.2. The molecule has 0 aromatic heterocycles. The Hall–Kier alpha value is -2.78. The number of alkyl halides is 3. The minimum Gasteiger partial charge on any atom is -0.371 e. The molecule has 2 amide bonds. The Balaban J connectivity index is 1.11. The van der Waals surface area contributed by atoms with Crippen molar-refractivity contribution >= 4 is 29.1 Å². The van der Waals surface area contributed by atoms with E-state index in [-0.39, 0.29) is 19.0 Å². The first-order valence-electron chi connectivity index (χ1n) is 14.4. The molecule has 6 nitrogen and oxygen atoms in total. The van der Waals surface area contributed by atoms with Gasteiger partial charge in [0.25, 0.3) is 17.4 Å². The molecule has 1 unspecified atom stereocenters. The van der Waals surface area contributed by atoms with E-state index in [1.54, 1.807) is 11.0 Å². The summed E-state index contributed by atoms with van der Waals surface area (Å²) in [5, 5.41) is 11.1. The Morgan fingerprint density at radius 1 is 0.927 bits per heavy atom. The summed E-state index contributed by atoms with van der Waals surface area (Å²) in [7, 11) is 1.82. The van der Waals surface area contributed by atoms with Crippen molar-refractivity contribution in [3.05, 3.63) is 64.7 Å². The standard InChI is InChI=1S/C31H37ClF3N3O3/c1-36(24-7-8-24)28(39)26-10-9-25(20-27(26)32)37-15-11-21(12-16-37)19-22-13-17-38(18-14-22)29(40)30(41,31(33,34)35)23-5-3-2-4-6-23/h2-6,9-10,20-22,24,41H,7-8,11-19H2,1H3. The third-order valence-electron chi connectivity index (χ3n) is 9.06. The van der Waals surface area contributed by atoms with Gasteiger partial charge >= 0.3 is 6.18 Å². The number of amides is 2. The quantitative estimate of drug-likeness (QED) is 0.437. The van der Waals surface area contributed by atoms with Crippen LogP contribution < -0.4 is 4.90 Å². The van der Waals surface area contributed by atoms with Crippen molar-refractivity contribution in [1.29, 1.82) is 0 Å². The monoisotopic (exact) mass is 591 g/mol. The number of likely N-dealkylation sites (tertiary alicyclic amines) is 1. The fraction of sp³-hybridized carbons (Fsp3) is 0.548. The molecule has 1 aliphatic carbocycles. The third kappa shape index (κ3) is 6.21. The highest BCUT2D eigenvalue weighted by atomic mass is 35.5. The fourth-order valence-corrected chi connectivity index (χ4v) is 6.53. The molecule has 2 aromatic carbocycles. The number of anilines is 1. The summed E-state index contributed by atoms with van der Waals surface area (Å²) in [4.78, 5) is 30.9. The van der Waals surface area contributed by atoms with Gasteiger partial charge in [-0.1, -0.05) is 41.9 Å². The van der Waals surface area contributed by atoms with E-state index < -0.39 is 23.2 Å². The lowest BCUT2D eigenvalue weighted by molar-refractivity contribution is -0.262. The van der Waals surface area contributed by atoms with Crippen molar-refractivity contribution in [1.82, 2.24) is 9.80 Å². The normalized spacial score (nSPS) is 20.5. The smallest absolute Gasteiger partial charge is 0.371 e. The van der Waals surface area contributed by atoms with E-state index in [9.17, 15) is 27.9 Å². The molecule has 0 spiro atoms. The van der Waals surface area contributed by atoms with E-state index >= 15 is 0 Å². The summed E-state index contributed by atoms with van der Waals surface area (Å²) in [5.74, 6) is -0.514. The Bertz CT molecular complexity index is 1240. The maximum absolute atomic E-state index is 13.9. The molecule has 3 fully saturated rings. The Morgan fingerprint density at radius 3 is 2.05 bits per heavy atom. The van der Waals surface area contributed by atoms with Gasteiger partial charge in [-0.05, 0) is 75.0 Å². The second-order valence-electron chi connectivity index (χ2n) is 11.8. The molecule has 2 heterocycles. The molecular formula is C31H37ClF3N3O3. The zero-order valence-corrected chi connectivity index (χ0v) is 24.0. The van der Waals surface area contributed by atoms with Crippen LogP contribution in [-0.2, 0) is 10.4 Å². The number of nitrogens with zero attached hydrogens (tertiary/aromatic N) is 3. The van der Waals surface area contributed by atoms with Gasteiger partial charge in [0.15, 0.2) is 0 Å². The van der Waals surface area contributed by atoms with E-state index in [1.165, 1.54) is 17.0 Å². The highest BCUT2D eigenvalue weighted by molar-refractivity contribution is 6.34. The summed E-state index contributed by atoms with van der Waals surface area (Å²) in [5.41, 5.74) is -2.47. The number of carbonyl (C=O) groups is 2. The number of hydrogen-bond donors (Lipinski definition) is 1. The minimum atomic E-state index is -5.12. The van der Waals surface area contributed by atoms with E-state index in [0.717, 1.165) is 63.0 Å². The molecule has 1 atom stereocenters. The molecule has 1 saturated carbocycles. The van der Waals surface area contributed by atoms with Gasteiger partial charge < -0.3 is 19.8 Å². The van der Waals surface area contributed by atoms with Crippen LogP contribution in [0, 0.1) is 11.8 Å². The first-order chi connectivity index (χ1) is 19.5. The Kier molecular flexibility index (Phi) is 8.58. The van der Waals surface area contributed by atoms with Crippen molar-refractivity contribution in [2.75, 3.05) is 38.1 Å². The molecule has 0 bridgehead atoms. The van der Waals surface area contributed by atoms with Crippen LogP contribution in [0.25, 0.3) is 0 Å². The number of halogens is 4. The average Bonchev–Trinajstić information content (AvgIpc) is 3.82. The highest BCUT2D eigenvalue weighted by Crippen LogP contribution is 2.42. The number of rotatable bonds is 7. The average molecular weight is 592 g/mol. The van der Waals surface area contributed by atoms with Crippen LogP contribution in [0.2, 0.25) is 5.02 Å². The van der Waals surface area contributed by atoms with Gasteiger partial charge in [-0.3, -0.25) is 9.59 Å². The summed E-state index contributed by atoms with van der Waals surface area (Å²) in [6.07, 6.45) is 1.15. The van der Waals surface area contributed by atoms with E-state index in [0.29, 0.717) is 41.3 Å². The maximum Gasteiger partial charge on any atom is 0.430 e. The van der Waals surface area contributed by atoms with Gasteiger partial charge in [0.1, 0.15) is 0 Å². The Labute approximate surface area is 244 Å². The summed E-state index contributed by atoms with van der Waals surface area (Å²) in [6.45, 7) is 2.13. The minimum absolute atomic E-state index is 0.0429. The zero-order valence-electron chi connectivity index (χ0n) is 23.2. The van der Waals surface area contributed by atoms with Gasteiger partial charge in [-0.2, -0.15) is 13.2 Å². The molecule has 2 saturated heterocycles. The lowest BCUT2D eigenvalue weighted by atomic mass is 9.82. The summed E-state index contributed by atoms with van der Waals surface area (Å²) >= 11 is 6.51. The molecule has 0 radical (unpaired) electrons. The van der Waals surface area contributed by atoms with Crippen LogP contribution in [0.1, 0.15) is 60.9 Å². The number of aliphatic hydroxyl groups is 1. The Morgan fingerprint density at radius 2 is 1.51 bits per heavy atom. The fourth-order valence-electron chi connectivity index (χ4n) is 6.28. The van der Waals surface area contributed by atoms with Crippen LogP contribution in [0.15, 0.2) is 48.5 Å². The maximum atomic E-state index is 13.9. The molecule has 1 N–H and O–H groups in total. The van der Waals surface area contributed by atoms with Gasteiger partial charge in [-0.15, -0.1) is 0 Å². The second kappa shape index (κ2) is 11.8. The summed E-state index contributed by atoms with van der Waals surface area (Å²) < 4.78 is 41.8. The van der Waals surface area contributed by atoms with Crippen molar-refractivity contribution in [2.45, 2.75) is 62.8 Å². The van der Waals surface area contributed by atoms with Crippen molar-refractivity contribution in [3.8, 4) is 0 Å². The van der Waals surface area contributed by atoms with E-state index in [2.05, 4.69) is 4.90 Å². The number of hydrogen-bond acceptors (Lipinski definition) is 4. The lowest BCUT2D eigenvalue weighted by Crippen LogP contribution is -2.57. The predicted octanol–water partition coefficient (Wildman–Crippen LogP) is 5.87. The van der Waals surface area contributed by atoms with Gasteiger partial charge in [0, 0.05) is 50.5 Å². The van der Waals surface area contributed by atoms with Crippen molar-refractivity contribution in [3.63, 3.8) is 0 Å². The van der Waals surface area contributed by atoms with Crippen LogP contribution in [0.3, 0.4) is 0 Å². The topological polar surface area (TPSA) is 64.1 Å². The van der Waals surface area contributed by atoms with Crippen LogP contribution in [0.5, 0.6) is 0 Å². The molecule has 2 aromatic rings. The largest absolute Gasteiger partial charge is 0.430 e. The number of carbonyl (C=O) groups excluding carboxylic acids is 2. The highest BCUT2D eigenvalue weighted by Gasteiger charge is 2.62. The van der Waals surface area contributed by atoms with Crippen molar-refractivity contribution in [2.24, 2.45) is 11.8 Å². The number of piperidine rings is 2. The van der Waals surface area contributed by atoms with Crippen LogP contribution >= 0.6 is 11.6 Å². The van der Waals surface area contributed by atoms with Gasteiger partial charge in [0.2, 0.25) is 0 Å². The molecule has 10 heteroatoms.